The fourth-order valence-corrected chi connectivity index (χ4v) is 2.48. The van der Waals surface area contributed by atoms with Crippen LogP contribution < -0.4 is 0 Å². The van der Waals surface area contributed by atoms with E-state index < -0.39 is 0 Å². The molecule has 6 heteroatoms. The van der Waals surface area contributed by atoms with E-state index in [2.05, 4.69) is 24.9 Å². The minimum absolute atomic E-state index is 0.752. The Morgan fingerprint density at radius 3 is 2.85 bits per heavy atom. The average Bonchev–Trinajstić information content (AvgIpc) is 2.99. The SMILES string of the molecule is Cc1nccc2[nH]c(-n3c(C)nc4cnccc43)nc12. The summed E-state index contributed by atoms with van der Waals surface area (Å²) < 4.78 is 2.00. The molecule has 98 valence electrons. The molecule has 0 aliphatic carbocycles. The minimum atomic E-state index is 0.752. The summed E-state index contributed by atoms with van der Waals surface area (Å²) in [5, 5.41) is 0. The van der Waals surface area contributed by atoms with E-state index in [-0.39, 0.29) is 0 Å². The van der Waals surface area contributed by atoms with Crippen molar-refractivity contribution in [2.45, 2.75) is 13.8 Å². The first-order chi connectivity index (χ1) is 9.74. The maximum absolute atomic E-state index is 4.65. The summed E-state index contributed by atoms with van der Waals surface area (Å²) in [6.45, 7) is 3.91. The molecular weight excluding hydrogens is 252 g/mol. The second kappa shape index (κ2) is 3.86. The van der Waals surface area contributed by atoms with Crippen LogP contribution in [-0.2, 0) is 0 Å². The van der Waals surface area contributed by atoms with Gasteiger partial charge in [0.2, 0.25) is 5.95 Å². The van der Waals surface area contributed by atoms with Gasteiger partial charge in [-0.15, -0.1) is 0 Å². The van der Waals surface area contributed by atoms with E-state index in [0.29, 0.717) is 0 Å². The van der Waals surface area contributed by atoms with Crippen molar-refractivity contribution in [2.24, 2.45) is 0 Å². The van der Waals surface area contributed by atoms with E-state index in [9.17, 15) is 0 Å². The molecule has 0 aliphatic rings. The molecule has 4 aromatic heterocycles. The molecule has 4 rings (SSSR count). The lowest BCUT2D eigenvalue weighted by Gasteiger charge is -2.01. The van der Waals surface area contributed by atoms with Gasteiger partial charge < -0.3 is 4.98 Å². The monoisotopic (exact) mass is 264 g/mol. The van der Waals surface area contributed by atoms with E-state index in [1.165, 1.54) is 0 Å². The molecule has 20 heavy (non-hydrogen) atoms. The highest BCUT2D eigenvalue weighted by Crippen LogP contribution is 2.21. The summed E-state index contributed by atoms with van der Waals surface area (Å²) >= 11 is 0. The first kappa shape index (κ1) is 11.1. The van der Waals surface area contributed by atoms with Crippen LogP contribution in [0.1, 0.15) is 11.5 Å². The van der Waals surface area contributed by atoms with E-state index in [1.54, 1.807) is 18.6 Å². The number of hydrogen-bond acceptors (Lipinski definition) is 4. The maximum Gasteiger partial charge on any atom is 0.214 e. The van der Waals surface area contributed by atoms with Gasteiger partial charge in [-0.25, -0.2) is 9.97 Å². The third-order valence-corrected chi connectivity index (χ3v) is 3.41. The van der Waals surface area contributed by atoms with Gasteiger partial charge in [0.25, 0.3) is 0 Å². The predicted octanol–water partition coefficient (Wildman–Crippen LogP) is 2.31. The van der Waals surface area contributed by atoms with Gasteiger partial charge in [0, 0.05) is 12.4 Å². The number of hydrogen-bond donors (Lipinski definition) is 1. The molecule has 0 aliphatic heterocycles. The van der Waals surface area contributed by atoms with Gasteiger partial charge in [0.1, 0.15) is 16.9 Å². The van der Waals surface area contributed by atoms with Crippen LogP contribution in [-0.4, -0.2) is 29.5 Å². The smallest absolute Gasteiger partial charge is 0.214 e. The molecule has 6 nitrogen and oxygen atoms in total. The largest absolute Gasteiger partial charge is 0.323 e. The second-order valence-corrected chi connectivity index (χ2v) is 4.71. The van der Waals surface area contributed by atoms with Crippen molar-refractivity contribution >= 4 is 22.1 Å². The number of nitrogens with one attached hydrogen (secondary N) is 1. The third kappa shape index (κ3) is 1.45. The number of aromatic amines is 1. The van der Waals surface area contributed by atoms with Gasteiger partial charge in [-0.1, -0.05) is 0 Å². The van der Waals surface area contributed by atoms with Crippen molar-refractivity contribution in [3.63, 3.8) is 0 Å². The average molecular weight is 264 g/mol. The third-order valence-electron chi connectivity index (χ3n) is 3.41. The fraction of sp³-hybridized carbons (Fsp3) is 0.143. The standard InChI is InChI=1S/C14H12N6/c1-8-13-10(3-6-16-8)18-14(19-13)20-9(2)17-11-7-15-5-4-12(11)20/h3-7H,1-2H3,(H,18,19). The molecule has 0 amide bonds. The number of fused-ring (bicyclic) bond motifs is 2. The first-order valence-electron chi connectivity index (χ1n) is 6.35. The number of H-pyrrole nitrogens is 1. The number of nitrogens with zero attached hydrogens (tertiary/aromatic N) is 5. The molecule has 0 bridgehead atoms. The van der Waals surface area contributed by atoms with Crippen molar-refractivity contribution < 1.29 is 0 Å². The quantitative estimate of drug-likeness (QED) is 0.572. The van der Waals surface area contributed by atoms with Crippen molar-refractivity contribution in [3.05, 3.63) is 42.2 Å². The fourth-order valence-electron chi connectivity index (χ4n) is 2.48. The Bertz CT molecular complexity index is 933. The number of aromatic nitrogens is 6. The number of pyridine rings is 2. The summed E-state index contributed by atoms with van der Waals surface area (Å²) in [7, 11) is 0. The van der Waals surface area contributed by atoms with Crippen LogP contribution in [0.15, 0.2) is 30.7 Å². The number of rotatable bonds is 1. The summed E-state index contributed by atoms with van der Waals surface area (Å²) in [5.41, 5.74) is 4.62. The topological polar surface area (TPSA) is 72.3 Å². The first-order valence-corrected chi connectivity index (χ1v) is 6.35. The van der Waals surface area contributed by atoms with Crippen LogP contribution in [0.5, 0.6) is 0 Å². The molecule has 0 fully saturated rings. The van der Waals surface area contributed by atoms with Crippen molar-refractivity contribution in [3.8, 4) is 5.95 Å². The molecule has 4 heterocycles. The van der Waals surface area contributed by atoms with E-state index >= 15 is 0 Å². The molecule has 1 N–H and O–H groups in total. The molecular formula is C14H12N6. The summed E-state index contributed by atoms with van der Waals surface area (Å²) in [5.74, 6) is 1.62. The minimum Gasteiger partial charge on any atom is -0.323 e. The molecule has 0 unspecified atom stereocenters. The van der Waals surface area contributed by atoms with Gasteiger partial charge >= 0.3 is 0 Å². The van der Waals surface area contributed by atoms with Gasteiger partial charge in [-0.05, 0) is 26.0 Å². The predicted molar refractivity (Wildman–Crippen MR) is 75.8 cm³/mol. The molecule has 0 atom stereocenters. The zero-order valence-corrected chi connectivity index (χ0v) is 11.1. The Morgan fingerprint density at radius 1 is 1.10 bits per heavy atom. The lowest BCUT2D eigenvalue weighted by Crippen LogP contribution is -1.99. The Hall–Kier alpha value is -2.76. The molecule has 4 aromatic rings. The summed E-state index contributed by atoms with van der Waals surface area (Å²) in [6, 6.07) is 3.86. The Labute approximate surface area is 114 Å². The van der Waals surface area contributed by atoms with E-state index in [1.807, 2.05) is 30.5 Å². The van der Waals surface area contributed by atoms with E-state index in [0.717, 1.165) is 39.5 Å². The van der Waals surface area contributed by atoms with Gasteiger partial charge in [0.15, 0.2) is 0 Å². The van der Waals surface area contributed by atoms with Crippen molar-refractivity contribution in [1.82, 2.24) is 29.5 Å². The highest BCUT2D eigenvalue weighted by atomic mass is 15.2. The highest BCUT2D eigenvalue weighted by molar-refractivity contribution is 5.80. The zero-order chi connectivity index (χ0) is 13.7. The summed E-state index contributed by atoms with van der Waals surface area (Å²) in [6.07, 6.45) is 5.30. The van der Waals surface area contributed by atoms with Gasteiger partial charge in [-0.2, -0.15) is 0 Å². The van der Waals surface area contributed by atoms with Crippen molar-refractivity contribution in [2.75, 3.05) is 0 Å². The lowest BCUT2D eigenvalue weighted by molar-refractivity contribution is 0.936. The summed E-state index contributed by atoms with van der Waals surface area (Å²) in [4.78, 5) is 20.9. The number of imidazole rings is 2. The highest BCUT2D eigenvalue weighted by Gasteiger charge is 2.13. The number of aryl methyl sites for hydroxylation is 2. The second-order valence-electron chi connectivity index (χ2n) is 4.71. The van der Waals surface area contributed by atoms with Crippen LogP contribution in [0.25, 0.3) is 28.0 Å². The van der Waals surface area contributed by atoms with Crippen LogP contribution in [0.4, 0.5) is 0 Å². The Morgan fingerprint density at radius 2 is 2.00 bits per heavy atom. The molecule has 0 spiro atoms. The van der Waals surface area contributed by atoms with Crippen molar-refractivity contribution in [1.29, 1.82) is 0 Å². The Balaban J connectivity index is 2.06. The van der Waals surface area contributed by atoms with Gasteiger partial charge in [0.05, 0.1) is 22.9 Å². The molecule has 0 saturated carbocycles. The lowest BCUT2D eigenvalue weighted by atomic mass is 10.3. The molecule has 0 aromatic carbocycles. The van der Waals surface area contributed by atoms with Crippen LogP contribution in [0.2, 0.25) is 0 Å². The Kier molecular flexibility index (Phi) is 2.14. The van der Waals surface area contributed by atoms with Crippen LogP contribution >= 0.6 is 0 Å². The maximum atomic E-state index is 4.65. The molecule has 0 saturated heterocycles. The zero-order valence-electron chi connectivity index (χ0n) is 11.1. The normalized spacial score (nSPS) is 11.5. The van der Waals surface area contributed by atoms with Crippen LogP contribution in [0, 0.1) is 13.8 Å². The van der Waals surface area contributed by atoms with Crippen LogP contribution in [0.3, 0.4) is 0 Å². The molecule has 0 radical (unpaired) electrons. The van der Waals surface area contributed by atoms with Gasteiger partial charge in [-0.3, -0.25) is 14.5 Å². The van der Waals surface area contributed by atoms with E-state index in [4.69, 9.17) is 0 Å².